The number of hydrogen-bond donors (Lipinski definition) is 1. The maximum atomic E-state index is 13.0. The maximum Gasteiger partial charge on any atom is 0.295 e. The molecule has 4 rings (SSSR count). The molecule has 3 heterocycles. The Balaban J connectivity index is 1.86. The summed E-state index contributed by atoms with van der Waals surface area (Å²) in [5.41, 5.74) is 2.35. The van der Waals surface area contributed by atoms with Gasteiger partial charge in [-0.25, -0.2) is 0 Å². The number of thiophene rings is 1. The van der Waals surface area contributed by atoms with Crippen molar-refractivity contribution in [3.05, 3.63) is 92.4 Å². The summed E-state index contributed by atoms with van der Waals surface area (Å²) in [6.45, 7) is 2.17. The first kappa shape index (κ1) is 19.4. The van der Waals surface area contributed by atoms with Crippen molar-refractivity contribution in [3.8, 4) is 0 Å². The number of pyridine rings is 1. The summed E-state index contributed by atoms with van der Waals surface area (Å²) in [5, 5.41) is 13.4. The van der Waals surface area contributed by atoms with Crippen LogP contribution in [0.3, 0.4) is 0 Å². The number of aliphatic hydroxyl groups is 1. The van der Waals surface area contributed by atoms with Crippen molar-refractivity contribution in [1.29, 1.82) is 0 Å². The molecule has 146 valence electrons. The van der Waals surface area contributed by atoms with Crippen molar-refractivity contribution >= 4 is 40.4 Å². The summed E-state index contributed by atoms with van der Waals surface area (Å²) in [7, 11) is 0. The van der Waals surface area contributed by atoms with E-state index in [1.54, 1.807) is 48.8 Å². The summed E-state index contributed by atoms with van der Waals surface area (Å²) in [5.74, 6) is -1.52. The molecule has 0 bridgehead atoms. The van der Waals surface area contributed by atoms with Gasteiger partial charge in [0, 0.05) is 34.4 Å². The van der Waals surface area contributed by atoms with Gasteiger partial charge in [0.15, 0.2) is 0 Å². The monoisotopic (exact) mass is 424 g/mol. The van der Waals surface area contributed by atoms with Gasteiger partial charge in [-0.15, -0.1) is 11.3 Å². The van der Waals surface area contributed by atoms with Gasteiger partial charge in [0.2, 0.25) is 0 Å². The number of ketones is 1. The van der Waals surface area contributed by atoms with E-state index in [-0.39, 0.29) is 17.9 Å². The molecule has 1 aliphatic heterocycles. The van der Waals surface area contributed by atoms with Crippen LogP contribution in [0, 0.1) is 6.92 Å². The lowest BCUT2D eigenvalue weighted by atomic mass is 9.98. The molecule has 1 aliphatic rings. The number of rotatable bonds is 4. The number of hydrogen-bond acceptors (Lipinski definition) is 5. The minimum absolute atomic E-state index is 0.0944. The topological polar surface area (TPSA) is 70.5 Å². The van der Waals surface area contributed by atoms with Crippen LogP contribution in [0.2, 0.25) is 5.02 Å². The van der Waals surface area contributed by atoms with Gasteiger partial charge in [-0.2, -0.15) is 0 Å². The Bertz CT molecular complexity index is 1110. The second-order valence-electron chi connectivity index (χ2n) is 6.76. The van der Waals surface area contributed by atoms with Crippen molar-refractivity contribution in [2.45, 2.75) is 19.5 Å². The van der Waals surface area contributed by atoms with Crippen LogP contribution < -0.4 is 0 Å². The lowest BCUT2D eigenvalue weighted by Crippen LogP contribution is -2.29. The first-order valence-electron chi connectivity index (χ1n) is 8.94. The summed E-state index contributed by atoms with van der Waals surface area (Å²) in [4.78, 5) is 32.3. The normalized spacial score (nSPS) is 18.4. The number of likely N-dealkylation sites (tertiary alicyclic amines) is 1. The van der Waals surface area contributed by atoms with E-state index in [2.05, 4.69) is 4.98 Å². The quantitative estimate of drug-likeness (QED) is 0.373. The molecule has 1 unspecified atom stereocenters. The van der Waals surface area contributed by atoms with E-state index < -0.39 is 17.7 Å². The Morgan fingerprint density at radius 1 is 1.14 bits per heavy atom. The number of amides is 1. The lowest BCUT2D eigenvalue weighted by Gasteiger charge is -2.25. The fourth-order valence-electron chi connectivity index (χ4n) is 3.43. The smallest absolute Gasteiger partial charge is 0.295 e. The van der Waals surface area contributed by atoms with Gasteiger partial charge in [0.25, 0.3) is 11.7 Å². The number of nitrogens with zero attached hydrogens (tertiary/aromatic N) is 2. The molecule has 0 spiro atoms. The predicted octanol–water partition coefficient (Wildman–Crippen LogP) is 4.73. The number of aromatic nitrogens is 1. The van der Waals surface area contributed by atoms with Crippen molar-refractivity contribution in [3.63, 3.8) is 0 Å². The molecule has 1 aromatic carbocycles. The maximum absolute atomic E-state index is 13.0. The van der Waals surface area contributed by atoms with E-state index in [1.165, 1.54) is 16.2 Å². The Morgan fingerprint density at radius 3 is 2.45 bits per heavy atom. The Labute approximate surface area is 176 Å². The second kappa shape index (κ2) is 7.81. The molecule has 7 heteroatoms. The molecule has 1 atom stereocenters. The van der Waals surface area contributed by atoms with Crippen LogP contribution in [0.4, 0.5) is 0 Å². The summed E-state index contributed by atoms with van der Waals surface area (Å²) in [6, 6.07) is 11.4. The zero-order valence-electron chi connectivity index (χ0n) is 15.5. The minimum atomic E-state index is -0.690. The molecule has 1 amide bonds. The SMILES string of the molecule is Cc1ccsc1C1/C(=C(/O)c2ccc(Cl)cc2)C(=O)C(=O)N1Cc1ccncc1. The third-order valence-corrected chi connectivity index (χ3v) is 6.23. The van der Waals surface area contributed by atoms with Gasteiger partial charge < -0.3 is 10.0 Å². The fraction of sp³-hybridized carbons (Fsp3) is 0.136. The van der Waals surface area contributed by atoms with Crippen LogP contribution in [0.1, 0.15) is 27.6 Å². The molecular weight excluding hydrogens is 408 g/mol. The predicted molar refractivity (Wildman–Crippen MR) is 113 cm³/mol. The van der Waals surface area contributed by atoms with E-state index in [4.69, 9.17) is 11.6 Å². The Morgan fingerprint density at radius 2 is 1.83 bits per heavy atom. The van der Waals surface area contributed by atoms with Crippen LogP contribution in [0.15, 0.2) is 65.8 Å². The van der Waals surface area contributed by atoms with E-state index >= 15 is 0 Å². The molecule has 5 nitrogen and oxygen atoms in total. The zero-order chi connectivity index (χ0) is 20.5. The first-order chi connectivity index (χ1) is 14.0. The molecule has 0 saturated carbocycles. The van der Waals surface area contributed by atoms with Gasteiger partial charge in [0.1, 0.15) is 11.8 Å². The van der Waals surface area contributed by atoms with Crippen LogP contribution >= 0.6 is 22.9 Å². The summed E-state index contributed by atoms with van der Waals surface area (Å²) in [6.07, 6.45) is 3.29. The van der Waals surface area contributed by atoms with Gasteiger partial charge in [-0.1, -0.05) is 11.6 Å². The van der Waals surface area contributed by atoms with Crippen molar-refractivity contribution in [1.82, 2.24) is 9.88 Å². The van der Waals surface area contributed by atoms with E-state index in [9.17, 15) is 14.7 Å². The standard InChI is InChI=1S/C22H17ClN2O3S/c1-13-8-11-29-21(13)18-17(19(26)15-2-4-16(23)5-3-15)20(27)22(28)25(18)12-14-6-9-24-10-7-14/h2-11,18,26H,12H2,1H3/b19-17-. The van der Waals surface area contributed by atoms with Crippen LogP contribution in [-0.2, 0) is 16.1 Å². The highest BCUT2D eigenvalue weighted by atomic mass is 35.5. The van der Waals surface area contributed by atoms with Crippen LogP contribution in [0.5, 0.6) is 0 Å². The number of halogens is 1. The van der Waals surface area contributed by atoms with Gasteiger partial charge >= 0.3 is 0 Å². The van der Waals surface area contributed by atoms with Gasteiger partial charge in [-0.05, 0) is 65.9 Å². The number of carbonyl (C=O) groups excluding carboxylic acids is 2. The molecule has 1 fully saturated rings. The van der Waals surface area contributed by atoms with Crippen LogP contribution in [0.25, 0.3) is 5.76 Å². The number of carbonyl (C=O) groups is 2. The Kier molecular flexibility index (Phi) is 5.22. The minimum Gasteiger partial charge on any atom is -0.507 e. The zero-order valence-corrected chi connectivity index (χ0v) is 17.1. The molecule has 1 saturated heterocycles. The highest BCUT2D eigenvalue weighted by Gasteiger charge is 2.47. The number of benzene rings is 1. The summed E-state index contributed by atoms with van der Waals surface area (Å²) >= 11 is 7.40. The fourth-order valence-corrected chi connectivity index (χ4v) is 4.60. The largest absolute Gasteiger partial charge is 0.507 e. The molecule has 3 aromatic rings. The molecule has 0 radical (unpaired) electrons. The number of Topliss-reactive ketones (excluding diaryl/α,β-unsaturated/α-hetero) is 1. The van der Waals surface area contributed by atoms with Crippen molar-refractivity contribution < 1.29 is 14.7 Å². The molecule has 29 heavy (non-hydrogen) atoms. The lowest BCUT2D eigenvalue weighted by molar-refractivity contribution is -0.140. The van der Waals surface area contributed by atoms with E-state index in [0.29, 0.717) is 10.6 Å². The van der Waals surface area contributed by atoms with Gasteiger partial charge in [-0.3, -0.25) is 14.6 Å². The van der Waals surface area contributed by atoms with Gasteiger partial charge in [0.05, 0.1) is 5.57 Å². The molecule has 0 aliphatic carbocycles. The summed E-state index contributed by atoms with van der Waals surface area (Å²) < 4.78 is 0. The Hall–Kier alpha value is -2.96. The third-order valence-electron chi connectivity index (χ3n) is 4.91. The van der Waals surface area contributed by atoms with Crippen molar-refractivity contribution in [2.24, 2.45) is 0 Å². The van der Waals surface area contributed by atoms with Crippen molar-refractivity contribution in [2.75, 3.05) is 0 Å². The average Bonchev–Trinajstić information content (AvgIpc) is 3.25. The van der Waals surface area contributed by atoms with Crippen LogP contribution in [-0.4, -0.2) is 26.7 Å². The van der Waals surface area contributed by atoms with E-state index in [1.807, 2.05) is 18.4 Å². The highest BCUT2D eigenvalue weighted by molar-refractivity contribution is 7.10. The van der Waals surface area contributed by atoms with E-state index in [0.717, 1.165) is 16.0 Å². The third kappa shape index (κ3) is 3.57. The number of aryl methyl sites for hydroxylation is 1. The molecule has 2 aromatic heterocycles. The highest BCUT2D eigenvalue weighted by Crippen LogP contribution is 2.43. The molecular formula is C22H17ClN2O3S. The first-order valence-corrected chi connectivity index (χ1v) is 10.2. The number of aliphatic hydroxyl groups excluding tert-OH is 1. The average molecular weight is 425 g/mol. The molecule has 1 N–H and O–H groups in total. The second-order valence-corrected chi connectivity index (χ2v) is 8.14.